The van der Waals surface area contributed by atoms with Gasteiger partial charge in [0, 0.05) is 22.9 Å². The van der Waals surface area contributed by atoms with Crippen LogP contribution >= 0.6 is 0 Å². The molecule has 1 amide bonds. The van der Waals surface area contributed by atoms with E-state index >= 15 is 0 Å². The number of benzene rings is 2. The fourth-order valence-corrected chi connectivity index (χ4v) is 2.41. The van der Waals surface area contributed by atoms with Crippen LogP contribution in [0.4, 0.5) is 11.4 Å². The van der Waals surface area contributed by atoms with Gasteiger partial charge in [-0.25, -0.2) is 9.67 Å². The zero-order chi connectivity index (χ0) is 17.8. The summed E-state index contributed by atoms with van der Waals surface area (Å²) >= 11 is 0. The summed E-state index contributed by atoms with van der Waals surface area (Å²) in [4.78, 5) is 26.9. The molecule has 25 heavy (non-hydrogen) atoms. The second-order valence-electron chi connectivity index (χ2n) is 5.46. The summed E-state index contributed by atoms with van der Waals surface area (Å²) in [5, 5.41) is 17.9. The number of aryl methyl sites for hydroxylation is 1. The van der Waals surface area contributed by atoms with E-state index in [-0.39, 0.29) is 11.3 Å². The molecule has 126 valence electrons. The van der Waals surface area contributed by atoms with Crippen molar-refractivity contribution in [3.63, 3.8) is 0 Å². The summed E-state index contributed by atoms with van der Waals surface area (Å²) in [6, 6.07) is 11.7. The lowest BCUT2D eigenvalue weighted by atomic mass is 10.1. The molecular weight excluding hydrogens is 322 g/mol. The van der Waals surface area contributed by atoms with E-state index in [1.165, 1.54) is 12.4 Å². The Morgan fingerprint density at radius 3 is 2.80 bits per heavy atom. The van der Waals surface area contributed by atoms with Crippen molar-refractivity contribution in [1.82, 2.24) is 14.8 Å². The Bertz CT molecular complexity index is 922. The lowest BCUT2D eigenvalue weighted by Gasteiger charge is -2.11. The van der Waals surface area contributed by atoms with Gasteiger partial charge in [-0.1, -0.05) is 24.3 Å². The van der Waals surface area contributed by atoms with Crippen LogP contribution in [0.25, 0.3) is 0 Å². The van der Waals surface area contributed by atoms with Crippen LogP contribution in [0, 0.1) is 17.0 Å². The third-order valence-corrected chi connectivity index (χ3v) is 3.73. The number of aromatic nitrogens is 3. The van der Waals surface area contributed by atoms with E-state index in [1.807, 2.05) is 12.1 Å². The van der Waals surface area contributed by atoms with Gasteiger partial charge in [-0.3, -0.25) is 14.9 Å². The zero-order valence-corrected chi connectivity index (χ0v) is 13.4. The summed E-state index contributed by atoms with van der Waals surface area (Å²) in [5.74, 6) is -0.408. The molecule has 0 aliphatic heterocycles. The van der Waals surface area contributed by atoms with E-state index in [9.17, 15) is 14.9 Å². The first-order chi connectivity index (χ1) is 12.0. The molecule has 0 spiro atoms. The van der Waals surface area contributed by atoms with E-state index in [4.69, 9.17) is 0 Å². The molecule has 0 aliphatic rings. The van der Waals surface area contributed by atoms with Gasteiger partial charge >= 0.3 is 0 Å². The molecule has 0 bridgehead atoms. The molecule has 1 heterocycles. The molecule has 0 fully saturated rings. The molecule has 8 nitrogen and oxygen atoms in total. The van der Waals surface area contributed by atoms with Gasteiger partial charge in [0.15, 0.2) is 0 Å². The highest BCUT2D eigenvalue weighted by atomic mass is 16.6. The number of amides is 1. The first-order valence-electron chi connectivity index (χ1n) is 7.51. The van der Waals surface area contributed by atoms with E-state index in [2.05, 4.69) is 15.4 Å². The number of nitro groups is 1. The minimum atomic E-state index is -0.495. The Kier molecular flexibility index (Phi) is 4.51. The number of anilines is 1. The largest absolute Gasteiger partial charge is 0.322 e. The second-order valence-corrected chi connectivity index (χ2v) is 5.46. The molecule has 8 heteroatoms. The SMILES string of the molecule is Cc1ccc(C(=O)Nc2ccccc2Cn2cncn2)cc1[N+](=O)[O-]. The number of hydrogen-bond acceptors (Lipinski definition) is 5. The second kappa shape index (κ2) is 6.91. The molecule has 0 aliphatic carbocycles. The maximum atomic E-state index is 12.5. The molecule has 0 saturated carbocycles. The quantitative estimate of drug-likeness (QED) is 0.569. The molecule has 0 saturated heterocycles. The van der Waals surface area contributed by atoms with Gasteiger partial charge in [-0.15, -0.1) is 0 Å². The van der Waals surface area contributed by atoms with Crippen LogP contribution in [0.1, 0.15) is 21.5 Å². The summed E-state index contributed by atoms with van der Waals surface area (Å²) in [7, 11) is 0. The first-order valence-corrected chi connectivity index (χ1v) is 7.51. The number of carbonyl (C=O) groups is 1. The summed E-state index contributed by atoms with van der Waals surface area (Å²) in [6.07, 6.45) is 3.02. The monoisotopic (exact) mass is 337 g/mol. The minimum Gasteiger partial charge on any atom is -0.322 e. The van der Waals surface area contributed by atoms with Crippen molar-refractivity contribution >= 4 is 17.3 Å². The van der Waals surface area contributed by atoms with Crippen molar-refractivity contribution in [2.45, 2.75) is 13.5 Å². The van der Waals surface area contributed by atoms with Gasteiger partial charge in [0.1, 0.15) is 12.7 Å². The molecule has 2 aromatic carbocycles. The highest BCUT2D eigenvalue weighted by Crippen LogP contribution is 2.21. The van der Waals surface area contributed by atoms with Gasteiger partial charge in [-0.05, 0) is 24.6 Å². The Morgan fingerprint density at radius 1 is 1.28 bits per heavy atom. The topological polar surface area (TPSA) is 103 Å². The fraction of sp³-hybridized carbons (Fsp3) is 0.118. The van der Waals surface area contributed by atoms with Gasteiger partial charge in [0.25, 0.3) is 11.6 Å². The molecular formula is C17H15N5O3. The van der Waals surface area contributed by atoms with Crippen LogP contribution in [0.5, 0.6) is 0 Å². The Balaban J connectivity index is 1.84. The average Bonchev–Trinajstić information content (AvgIpc) is 3.09. The highest BCUT2D eigenvalue weighted by Gasteiger charge is 2.16. The van der Waals surface area contributed by atoms with Gasteiger partial charge in [0.05, 0.1) is 11.5 Å². The maximum Gasteiger partial charge on any atom is 0.273 e. The Labute approximate surface area is 143 Å². The molecule has 0 radical (unpaired) electrons. The highest BCUT2D eigenvalue weighted by molar-refractivity contribution is 6.05. The third-order valence-electron chi connectivity index (χ3n) is 3.73. The lowest BCUT2D eigenvalue weighted by molar-refractivity contribution is -0.385. The molecule has 1 N–H and O–H groups in total. The summed E-state index contributed by atoms with van der Waals surface area (Å²) < 4.78 is 1.64. The van der Waals surface area contributed by atoms with E-state index in [0.717, 1.165) is 5.56 Å². The molecule has 3 aromatic rings. The van der Waals surface area contributed by atoms with Crippen LogP contribution in [-0.4, -0.2) is 25.6 Å². The van der Waals surface area contributed by atoms with Crippen molar-refractivity contribution in [2.75, 3.05) is 5.32 Å². The molecule has 0 unspecified atom stereocenters. The van der Waals surface area contributed by atoms with E-state index in [1.54, 1.807) is 42.2 Å². The van der Waals surface area contributed by atoms with Crippen LogP contribution in [-0.2, 0) is 6.54 Å². The van der Waals surface area contributed by atoms with Crippen LogP contribution < -0.4 is 5.32 Å². The molecule has 1 aromatic heterocycles. The fourth-order valence-electron chi connectivity index (χ4n) is 2.41. The lowest BCUT2D eigenvalue weighted by Crippen LogP contribution is -2.14. The van der Waals surface area contributed by atoms with Crippen LogP contribution in [0.15, 0.2) is 55.1 Å². The summed E-state index contributed by atoms with van der Waals surface area (Å²) in [6.45, 7) is 2.08. The van der Waals surface area contributed by atoms with Crippen molar-refractivity contribution < 1.29 is 9.72 Å². The summed E-state index contributed by atoms with van der Waals surface area (Å²) in [5.41, 5.74) is 2.12. The average molecular weight is 337 g/mol. The van der Waals surface area contributed by atoms with Gasteiger partial charge in [0.2, 0.25) is 0 Å². The zero-order valence-electron chi connectivity index (χ0n) is 13.4. The number of carbonyl (C=O) groups excluding carboxylic acids is 1. The van der Waals surface area contributed by atoms with Gasteiger partial charge in [-0.2, -0.15) is 5.10 Å². The third kappa shape index (κ3) is 3.69. The first kappa shape index (κ1) is 16.3. The Morgan fingerprint density at radius 2 is 2.08 bits per heavy atom. The van der Waals surface area contributed by atoms with Crippen molar-refractivity contribution in [2.24, 2.45) is 0 Å². The number of hydrogen-bond donors (Lipinski definition) is 1. The molecule has 0 atom stereocenters. The number of nitro benzene ring substituents is 1. The van der Waals surface area contributed by atoms with Crippen molar-refractivity contribution in [1.29, 1.82) is 0 Å². The Hall–Kier alpha value is -3.55. The standard InChI is InChI=1S/C17H15N5O3/c1-12-6-7-13(8-16(12)22(24)25)17(23)20-15-5-3-2-4-14(15)9-21-11-18-10-19-21/h2-8,10-11H,9H2,1H3,(H,20,23). The minimum absolute atomic E-state index is 0.0800. The number of nitrogens with one attached hydrogen (secondary N) is 1. The predicted molar refractivity (Wildman–Crippen MR) is 91.4 cm³/mol. The predicted octanol–water partition coefficient (Wildman–Crippen LogP) is 2.80. The van der Waals surface area contributed by atoms with Crippen LogP contribution in [0.2, 0.25) is 0 Å². The smallest absolute Gasteiger partial charge is 0.273 e. The van der Waals surface area contributed by atoms with Crippen LogP contribution in [0.3, 0.4) is 0 Å². The van der Waals surface area contributed by atoms with E-state index in [0.29, 0.717) is 17.8 Å². The number of rotatable bonds is 5. The van der Waals surface area contributed by atoms with Crippen molar-refractivity contribution in [3.8, 4) is 0 Å². The van der Waals surface area contributed by atoms with Crippen molar-refractivity contribution in [3.05, 3.63) is 81.9 Å². The molecule has 3 rings (SSSR count). The van der Waals surface area contributed by atoms with E-state index < -0.39 is 10.8 Å². The normalized spacial score (nSPS) is 10.4. The van der Waals surface area contributed by atoms with Gasteiger partial charge < -0.3 is 5.32 Å². The number of nitrogens with zero attached hydrogens (tertiary/aromatic N) is 4. The maximum absolute atomic E-state index is 12.5. The number of para-hydroxylation sites is 1.